The Morgan fingerprint density at radius 1 is 1.13 bits per heavy atom. The number of benzene rings is 2. The number of methoxy groups -OCH3 is 1. The number of anilines is 1. The van der Waals surface area contributed by atoms with Gasteiger partial charge in [0.05, 0.1) is 7.11 Å². The highest BCUT2D eigenvalue weighted by Crippen LogP contribution is 2.23. The van der Waals surface area contributed by atoms with Crippen molar-refractivity contribution in [1.82, 2.24) is 5.32 Å². The van der Waals surface area contributed by atoms with Crippen LogP contribution in [0.15, 0.2) is 54.7 Å². The summed E-state index contributed by atoms with van der Waals surface area (Å²) in [7, 11) is 1.63. The van der Waals surface area contributed by atoms with E-state index >= 15 is 0 Å². The van der Waals surface area contributed by atoms with Crippen LogP contribution in [0.3, 0.4) is 0 Å². The van der Waals surface area contributed by atoms with E-state index in [2.05, 4.69) is 24.5 Å². The Morgan fingerprint density at radius 3 is 2.65 bits per heavy atom. The summed E-state index contributed by atoms with van der Waals surface area (Å²) in [5.41, 5.74) is 2.89. The standard InChI is InChI=1S/C19H22N2O2/c1-14(2)17-9-4-5-10-18(17)21-19(22)20-12-11-15-7-6-8-16(13-15)23-3/h4-14H,1-3H3,(H2,20,21,22)/b12-11+. The van der Waals surface area contributed by atoms with Crippen LogP contribution in [-0.2, 0) is 0 Å². The fraction of sp³-hybridized carbons (Fsp3) is 0.211. The number of carbonyl (C=O) groups excluding carboxylic acids is 1. The average molecular weight is 310 g/mol. The first-order chi connectivity index (χ1) is 11.1. The lowest BCUT2D eigenvalue weighted by molar-refractivity contribution is 0.255. The van der Waals surface area contributed by atoms with Crippen molar-refractivity contribution in [3.05, 3.63) is 65.9 Å². The Labute approximate surface area is 137 Å². The average Bonchev–Trinajstić information content (AvgIpc) is 2.55. The zero-order chi connectivity index (χ0) is 16.7. The van der Waals surface area contributed by atoms with Crippen LogP contribution < -0.4 is 15.4 Å². The van der Waals surface area contributed by atoms with Gasteiger partial charge >= 0.3 is 6.03 Å². The van der Waals surface area contributed by atoms with Crippen molar-refractivity contribution in [3.8, 4) is 5.75 Å². The zero-order valence-electron chi connectivity index (χ0n) is 13.7. The van der Waals surface area contributed by atoms with Gasteiger partial charge in [-0.1, -0.05) is 44.2 Å². The summed E-state index contributed by atoms with van der Waals surface area (Å²) in [6.07, 6.45) is 3.43. The largest absolute Gasteiger partial charge is 0.497 e. The second-order valence-corrected chi connectivity index (χ2v) is 5.45. The van der Waals surface area contributed by atoms with Crippen LogP contribution in [0.5, 0.6) is 5.75 Å². The molecule has 0 radical (unpaired) electrons. The predicted molar refractivity (Wildman–Crippen MR) is 94.7 cm³/mol. The van der Waals surface area contributed by atoms with Crippen LogP contribution in [-0.4, -0.2) is 13.1 Å². The topological polar surface area (TPSA) is 50.4 Å². The van der Waals surface area contributed by atoms with Gasteiger partial charge in [0.25, 0.3) is 0 Å². The Bertz CT molecular complexity index is 693. The maximum atomic E-state index is 12.0. The van der Waals surface area contributed by atoms with E-state index in [1.54, 1.807) is 13.3 Å². The Morgan fingerprint density at radius 2 is 1.91 bits per heavy atom. The third kappa shape index (κ3) is 4.88. The zero-order valence-corrected chi connectivity index (χ0v) is 13.7. The molecule has 0 aliphatic carbocycles. The van der Waals surface area contributed by atoms with E-state index in [0.717, 1.165) is 22.6 Å². The fourth-order valence-electron chi connectivity index (χ4n) is 2.23. The van der Waals surface area contributed by atoms with E-state index in [-0.39, 0.29) is 6.03 Å². The van der Waals surface area contributed by atoms with Crippen molar-refractivity contribution in [2.75, 3.05) is 12.4 Å². The van der Waals surface area contributed by atoms with E-state index in [9.17, 15) is 4.79 Å². The van der Waals surface area contributed by atoms with Crippen molar-refractivity contribution < 1.29 is 9.53 Å². The van der Waals surface area contributed by atoms with Crippen molar-refractivity contribution in [2.45, 2.75) is 19.8 Å². The number of hydrogen-bond acceptors (Lipinski definition) is 2. The Hall–Kier alpha value is -2.75. The Kier molecular flexibility index (Phi) is 5.80. The molecular formula is C19H22N2O2. The van der Waals surface area contributed by atoms with E-state index in [0.29, 0.717) is 5.92 Å². The first kappa shape index (κ1) is 16.6. The molecule has 2 amide bonds. The third-order valence-corrected chi connectivity index (χ3v) is 3.42. The van der Waals surface area contributed by atoms with E-state index in [4.69, 9.17) is 4.74 Å². The number of para-hydroxylation sites is 1. The van der Waals surface area contributed by atoms with Crippen LogP contribution in [0.4, 0.5) is 10.5 Å². The monoisotopic (exact) mass is 310 g/mol. The molecule has 0 aliphatic rings. The van der Waals surface area contributed by atoms with Gasteiger partial charge in [-0.2, -0.15) is 0 Å². The minimum atomic E-state index is -0.266. The van der Waals surface area contributed by atoms with Crippen LogP contribution >= 0.6 is 0 Å². The summed E-state index contributed by atoms with van der Waals surface area (Å²) in [6.45, 7) is 4.20. The van der Waals surface area contributed by atoms with Crippen molar-refractivity contribution in [1.29, 1.82) is 0 Å². The summed E-state index contributed by atoms with van der Waals surface area (Å²) < 4.78 is 5.16. The molecule has 2 N–H and O–H groups in total. The first-order valence-corrected chi connectivity index (χ1v) is 7.57. The molecule has 0 atom stereocenters. The molecule has 0 heterocycles. The molecule has 4 nitrogen and oxygen atoms in total. The third-order valence-electron chi connectivity index (χ3n) is 3.42. The van der Waals surface area contributed by atoms with Gasteiger partial charge in [0.2, 0.25) is 0 Å². The summed E-state index contributed by atoms with van der Waals surface area (Å²) >= 11 is 0. The van der Waals surface area contributed by atoms with E-state index in [1.165, 1.54) is 0 Å². The van der Waals surface area contributed by atoms with Crippen molar-refractivity contribution >= 4 is 17.8 Å². The lowest BCUT2D eigenvalue weighted by atomic mass is 10.0. The van der Waals surface area contributed by atoms with Gasteiger partial charge in [0.1, 0.15) is 5.75 Å². The molecule has 2 aromatic carbocycles. The van der Waals surface area contributed by atoms with Crippen LogP contribution in [0.25, 0.3) is 6.08 Å². The number of rotatable bonds is 5. The lowest BCUT2D eigenvalue weighted by Crippen LogP contribution is -2.24. The molecule has 0 spiro atoms. The number of ether oxygens (including phenoxy) is 1. The maximum Gasteiger partial charge on any atom is 0.323 e. The van der Waals surface area contributed by atoms with Gasteiger partial charge in [0, 0.05) is 11.9 Å². The fourth-order valence-corrected chi connectivity index (χ4v) is 2.23. The second kappa shape index (κ2) is 8.03. The highest BCUT2D eigenvalue weighted by Gasteiger charge is 2.07. The lowest BCUT2D eigenvalue weighted by Gasteiger charge is -2.13. The Balaban J connectivity index is 1.96. The number of urea groups is 1. The molecule has 4 heteroatoms. The molecule has 0 aromatic heterocycles. The quantitative estimate of drug-likeness (QED) is 0.847. The van der Waals surface area contributed by atoms with Gasteiger partial charge in [0.15, 0.2) is 0 Å². The van der Waals surface area contributed by atoms with E-state index < -0.39 is 0 Å². The van der Waals surface area contributed by atoms with Gasteiger partial charge in [-0.3, -0.25) is 0 Å². The summed E-state index contributed by atoms with van der Waals surface area (Å²) in [5.74, 6) is 1.13. The smallest absolute Gasteiger partial charge is 0.323 e. The molecule has 0 saturated carbocycles. The molecule has 2 aromatic rings. The maximum absolute atomic E-state index is 12.0. The molecule has 23 heavy (non-hydrogen) atoms. The predicted octanol–water partition coefficient (Wildman–Crippen LogP) is 4.61. The summed E-state index contributed by atoms with van der Waals surface area (Å²) in [5, 5.41) is 5.59. The number of amides is 2. The van der Waals surface area contributed by atoms with Crippen LogP contribution in [0.2, 0.25) is 0 Å². The van der Waals surface area contributed by atoms with Crippen LogP contribution in [0.1, 0.15) is 30.9 Å². The number of nitrogens with one attached hydrogen (secondary N) is 2. The first-order valence-electron chi connectivity index (χ1n) is 7.57. The minimum absolute atomic E-state index is 0.266. The van der Waals surface area contributed by atoms with Crippen molar-refractivity contribution in [3.63, 3.8) is 0 Å². The SMILES string of the molecule is COc1cccc(/C=C/NC(=O)Nc2ccccc2C(C)C)c1. The van der Waals surface area contributed by atoms with Gasteiger partial charge in [-0.05, 0) is 41.3 Å². The number of hydrogen-bond donors (Lipinski definition) is 2. The molecule has 0 bridgehead atoms. The highest BCUT2D eigenvalue weighted by atomic mass is 16.5. The number of carbonyl (C=O) groups is 1. The highest BCUT2D eigenvalue weighted by molar-refractivity contribution is 5.91. The molecule has 120 valence electrons. The molecule has 0 unspecified atom stereocenters. The molecule has 0 fully saturated rings. The van der Waals surface area contributed by atoms with Crippen molar-refractivity contribution in [2.24, 2.45) is 0 Å². The molecule has 2 rings (SSSR count). The normalized spacial score (nSPS) is 10.8. The van der Waals surface area contributed by atoms with E-state index in [1.807, 2.05) is 54.6 Å². The van der Waals surface area contributed by atoms with Gasteiger partial charge in [-0.25, -0.2) is 4.79 Å². The molecular weight excluding hydrogens is 288 g/mol. The minimum Gasteiger partial charge on any atom is -0.497 e. The van der Waals surface area contributed by atoms with Crippen LogP contribution in [0, 0.1) is 0 Å². The second-order valence-electron chi connectivity index (χ2n) is 5.45. The van der Waals surface area contributed by atoms with Gasteiger partial charge < -0.3 is 15.4 Å². The molecule has 0 aliphatic heterocycles. The molecule has 0 saturated heterocycles. The summed E-state index contributed by atoms with van der Waals surface area (Å²) in [4.78, 5) is 12.0. The summed E-state index contributed by atoms with van der Waals surface area (Å²) in [6, 6.07) is 15.1. The van der Waals surface area contributed by atoms with Gasteiger partial charge in [-0.15, -0.1) is 0 Å².